The first-order valence-electron chi connectivity index (χ1n) is 7.15. The molecule has 88 valence electrons. The Morgan fingerprint density at radius 3 is 1.67 bits per heavy atom. The maximum atomic E-state index is 2.54. The summed E-state index contributed by atoms with van der Waals surface area (Å²) in [5, 5.41) is 0. The van der Waals surface area contributed by atoms with Crippen LogP contribution in [0.2, 0.25) is 0 Å². The number of likely N-dealkylation sites (tertiary alicyclic amines) is 1. The quantitative estimate of drug-likeness (QED) is 0.457. The van der Waals surface area contributed by atoms with Crippen molar-refractivity contribution in [1.82, 2.24) is 0 Å². The number of hydrogen-bond donors (Lipinski definition) is 0. The van der Waals surface area contributed by atoms with E-state index in [-0.39, 0.29) is 0 Å². The summed E-state index contributed by atoms with van der Waals surface area (Å²) in [6.45, 7) is 2.93. The minimum absolute atomic E-state index is 1.01. The molecule has 15 heavy (non-hydrogen) atoms. The van der Waals surface area contributed by atoms with E-state index in [9.17, 15) is 0 Å². The summed E-state index contributed by atoms with van der Waals surface area (Å²) in [5.41, 5.74) is 0. The fourth-order valence-corrected chi connectivity index (χ4v) is 3.66. The first kappa shape index (κ1) is 11.4. The van der Waals surface area contributed by atoms with E-state index in [1.807, 2.05) is 0 Å². The Kier molecular flexibility index (Phi) is 4.07. The van der Waals surface area contributed by atoms with Gasteiger partial charge in [-0.1, -0.05) is 12.8 Å². The van der Waals surface area contributed by atoms with Crippen LogP contribution in [0.25, 0.3) is 0 Å². The number of hydrogen-bond acceptors (Lipinski definition) is 0. The van der Waals surface area contributed by atoms with E-state index in [1.54, 1.807) is 0 Å². The van der Waals surface area contributed by atoms with Crippen molar-refractivity contribution in [3.63, 3.8) is 0 Å². The van der Waals surface area contributed by atoms with Crippen molar-refractivity contribution in [1.29, 1.82) is 0 Å². The molecule has 0 N–H and O–H groups in total. The molecule has 2 rings (SSSR count). The van der Waals surface area contributed by atoms with Crippen molar-refractivity contribution in [2.45, 2.75) is 70.3 Å². The Morgan fingerprint density at radius 1 is 0.667 bits per heavy atom. The smallest absolute Gasteiger partial charge is 0.0888 e. The molecule has 1 saturated heterocycles. The lowest BCUT2D eigenvalue weighted by atomic mass is 10.0. The summed E-state index contributed by atoms with van der Waals surface area (Å²) in [6.07, 6.45) is 14.9. The molecule has 1 aliphatic carbocycles. The maximum Gasteiger partial charge on any atom is 0.0888 e. The van der Waals surface area contributed by atoms with Gasteiger partial charge >= 0.3 is 0 Å². The third-order valence-corrected chi connectivity index (χ3v) is 4.79. The van der Waals surface area contributed by atoms with E-state index in [4.69, 9.17) is 0 Å². The molecule has 0 radical (unpaired) electrons. The molecular weight excluding hydrogens is 182 g/mol. The summed E-state index contributed by atoms with van der Waals surface area (Å²) in [4.78, 5) is 0. The molecule has 1 heterocycles. The largest absolute Gasteiger partial charge is 0.324 e. The van der Waals surface area contributed by atoms with Crippen LogP contribution in [0.4, 0.5) is 0 Å². The maximum absolute atomic E-state index is 2.54. The van der Waals surface area contributed by atoms with Crippen molar-refractivity contribution in [2.75, 3.05) is 20.1 Å². The monoisotopic (exact) mass is 210 g/mol. The summed E-state index contributed by atoms with van der Waals surface area (Å²) in [5.74, 6) is 0. The summed E-state index contributed by atoms with van der Waals surface area (Å²) in [6, 6.07) is 1.01. The van der Waals surface area contributed by atoms with Gasteiger partial charge < -0.3 is 4.48 Å². The van der Waals surface area contributed by atoms with Crippen LogP contribution in [-0.4, -0.2) is 30.7 Å². The van der Waals surface area contributed by atoms with Crippen LogP contribution in [0.15, 0.2) is 0 Å². The highest BCUT2D eigenvalue weighted by Crippen LogP contribution is 2.29. The highest BCUT2D eigenvalue weighted by molar-refractivity contribution is 4.67. The molecule has 0 atom stereocenters. The van der Waals surface area contributed by atoms with Gasteiger partial charge in [0, 0.05) is 0 Å². The molecule has 2 aliphatic rings. The predicted octanol–water partition coefficient (Wildman–Crippen LogP) is 3.73. The van der Waals surface area contributed by atoms with E-state index < -0.39 is 0 Å². The van der Waals surface area contributed by atoms with Gasteiger partial charge in [-0.2, -0.15) is 0 Å². The molecule has 0 spiro atoms. The zero-order valence-corrected chi connectivity index (χ0v) is 10.5. The van der Waals surface area contributed by atoms with Crippen LogP contribution in [0.5, 0.6) is 0 Å². The van der Waals surface area contributed by atoms with Gasteiger partial charge in [-0.3, -0.25) is 0 Å². The van der Waals surface area contributed by atoms with Crippen molar-refractivity contribution >= 4 is 0 Å². The fraction of sp³-hybridized carbons (Fsp3) is 1.00. The van der Waals surface area contributed by atoms with Crippen molar-refractivity contribution < 1.29 is 4.48 Å². The Hall–Kier alpha value is -0.0400. The number of quaternary nitrogens is 1. The summed E-state index contributed by atoms with van der Waals surface area (Å²) in [7, 11) is 2.54. The fourth-order valence-electron chi connectivity index (χ4n) is 3.66. The third-order valence-electron chi connectivity index (χ3n) is 4.79. The van der Waals surface area contributed by atoms with Gasteiger partial charge in [-0.05, 0) is 51.4 Å². The SMILES string of the molecule is C[N+]1(C2CCCCCC2)CCCCCC1. The van der Waals surface area contributed by atoms with Crippen LogP contribution in [0, 0.1) is 0 Å². The molecule has 1 nitrogen and oxygen atoms in total. The van der Waals surface area contributed by atoms with E-state index in [0.29, 0.717) is 0 Å². The summed E-state index contributed by atoms with van der Waals surface area (Å²) < 4.78 is 1.42. The lowest BCUT2D eigenvalue weighted by Crippen LogP contribution is -2.52. The lowest BCUT2D eigenvalue weighted by molar-refractivity contribution is -0.933. The second kappa shape index (κ2) is 5.34. The molecular formula is C14H28N+. The Morgan fingerprint density at radius 2 is 1.13 bits per heavy atom. The molecule has 1 heteroatoms. The van der Waals surface area contributed by atoms with E-state index in [0.717, 1.165) is 6.04 Å². The van der Waals surface area contributed by atoms with Crippen molar-refractivity contribution in [3.05, 3.63) is 0 Å². The van der Waals surface area contributed by atoms with Crippen LogP contribution in [0.1, 0.15) is 64.2 Å². The standard InChI is InChI=1S/C14H28N/c1-15(12-8-4-5-9-13-15)14-10-6-2-3-7-11-14/h14H,2-13H2,1H3/q+1. The Labute approximate surface area is 95.4 Å². The van der Waals surface area contributed by atoms with Gasteiger partial charge in [0.1, 0.15) is 0 Å². The summed E-state index contributed by atoms with van der Waals surface area (Å²) >= 11 is 0. The Balaban J connectivity index is 1.97. The number of rotatable bonds is 1. The van der Waals surface area contributed by atoms with Gasteiger partial charge in [-0.15, -0.1) is 0 Å². The van der Waals surface area contributed by atoms with Gasteiger partial charge in [0.05, 0.1) is 26.2 Å². The van der Waals surface area contributed by atoms with Gasteiger partial charge in [0.15, 0.2) is 0 Å². The van der Waals surface area contributed by atoms with Gasteiger partial charge in [-0.25, -0.2) is 0 Å². The highest BCUT2D eigenvalue weighted by Gasteiger charge is 2.32. The topological polar surface area (TPSA) is 0 Å². The zero-order chi connectivity index (χ0) is 10.6. The molecule has 0 aromatic rings. The first-order valence-corrected chi connectivity index (χ1v) is 7.15. The minimum atomic E-state index is 1.01. The third kappa shape index (κ3) is 2.96. The van der Waals surface area contributed by atoms with Crippen molar-refractivity contribution in [2.24, 2.45) is 0 Å². The zero-order valence-electron chi connectivity index (χ0n) is 10.5. The van der Waals surface area contributed by atoms with E-state index in [1.165, 1.54) is 81.8 Å². The molecule has 1 aliphatic heterocycles. The van der Waals surface area contributed by atoms with Crippen LogP contribution >= 0.6 is 0 Å². The molecule has 0 unspecified atom stereocenters. The average Bonchev–Trinajstić information content (AvgIpc) is 2.60. The molecule has 1 saturated carbocycles. The average molecular weight is 210 g/mol. The van der Waals surface area contributed by atoms with Gasteiger partial charge in [0.25, 0.3) is 0 Å². The molecule has 0 aromatic heterocycles. The van der Waals surface area contributed by atoms with E-state index in [2.05, 4.69) is 7.05 Å². The Bertz CT molecular complexity index is 172. The minimum Gasteiger partial charge on any atom is -0.324 e. The van der Waals surface area contributed by atoms with Crippen LogP contribution in [0.3, 0.4) is 0 Å². The molecule has 2 fully saturated rings. The molecule has 0 bridgehead atoms. The van der Waals surface area contributed by atoms with Crippen LogP contribution < -0.4 is 0 Å². The normalized spacial score (nSPS) is 29.4. The lowest BCUT2D eigenvalue weighted by Gasteiger charge is -2.41. The molecule has 0 aromatic carbocycles. The van der Waals surface area contributed by atoms with Gasteiger partial charge in [0.2, 0.25) is 0 Å². The molecule has 0 amide bonds. The van der Waals surface area contributed by atoms with Crippen molar-refractivity contribution in [3.8, 4) is 0 Å². The predicted molar refractivity (Wildman–Crippen MR) is 65.9 cm³/mol. The number of nitrogens with zero attached hydrogens (tertiary/aromatic N) is 1. The van der Waals surface area contributed by atoms with E-state index >= 15 is 0 Å². The second-order valence-electron chi connectivity index (χ2n) is 5.99. The first-order chi connectivity index (χ1) is 7.31. The second-order valence-corrected chi connectivity index (χ2v) is 5.99. The van der Waals surface area contributed by atoms with Crippen LogP contribution in [-0.2, 0) is 0 Å². The highest BCUT2D eigenvalue weighted by atomic mass is 15.4.